The average Bonchev–Trinajstić information content (AvgIpc) is 3.02. The molecule has 0 aliphatic heterocycles. The van der Waals surface area contributed by atoms with Crippen molar-refractivity contribution < 1.29 is 9.18 Å². The molecule has 1 aromatic carbocycles. The number of benzene rings is 1. The minimum absolute atomic E-state index is 0.0893. The van der Waals surface area contributed by atoms with Crippen molar-refractivity contribution in [1.29, 1.82) is 0 Å². The SMILES string of the molecule is Cc1nn(C)c(C)c1C(=O)Nc1nn(Cc2c(F)cccc2Cl)cc1Cl. The van der Waals surface area contributed by atoms with Crippen LogP contribution in [0.3, 0.4) is 0 Å². The van der Waals surface area contributed by atoms with E-state index in [0.29, 0.717) is 21.8 Å². The number of nitrogens with zero attached hydrogens (tertiary/aromatic N) is 4. The lowest BCUT2D eigenvalue weighted by Gasteiger charge is -2.06. The molecule has 26 heavy (non-hydrogen) atoms. The van der Waals surface area contributed by atoms with Crippen LogP contribution in [0.25, 0.3) is 0 Å². The number of carbonyl (C=O) groups excluding carboxylic acids is 1. The Kier molecular flexibility index (Phi) is 5.02. The number of anilines is 1. The lowest BCUT2D eigenvalue weighted by molar-refractivity contribution is 0.102. The van der Waals surface area contributed by atoms with Crippen molar-refractivity contribution in [3.05, 3.63) is 62.8 Å². The largest absolute Gasteiger partial charge is 0.304 e. The summed E-state index contributed by atoms with van der Waals surface area (Å²) in [5, 5.41) is 11.6. The Balaban J connectivity index is 1.84. The highest BCUT2D eigenvalue weighted by Gasteiger charge is 2.20. The van der Waals surface area contributed by atoms with Gasteiger partial charge in [0.1, 0.15) is 10.8 Å². The Bertz CT molecular complexity index is 975. The summed E-state index contributed by atoms with van der Waals surface area (Å²) >= 11 is 12.2. The van der Waals surface area contributed by atoms with Gasteiger partial charge in [-0.3, -0.25) is 14.2 Å². The molecule has 0 radical (unpaired) electrons. The Morgan fingerprint density at radius 1 is 1.23 bits per heavy atom. The van der Waals surface area contributed by atoms with Gasteiger partial charge < -0.3 is 5.32 Å². The first-order valence-corrected chi connectivity index (χ1v) is 8.51. The minimum atomic E-state index is -0.434. The van der Waals surface area contributed by atoms with Crippen molar-refractivity contribution in [2.24, 2.45) is 7.05 Å². The maximum Gasteiger partial charge on any atom is 0.260 e. The molecule has 2 heterocycles. The maximum absolute atomic E-state index is 13.9. The van der Waals surface area contributed by atoms with Gasteiger partial charge in [0.2, 0.25) is 0 Å². The molecular formula is C17H16Cl2FN5O. The zero-order chi connectivity index (χ0) is 19.0. The Morgan fingerprint density at radius 2 is 1.96 bits per heavy atom. The number of hydrogen-bond donors (Lipinski definition) is 1. The van der Waals surface area contributed by atoms with E-state index in [4.69, 9.17) is 23.2 Å². The topological polar surface area (TPSA) is 64.7 Å². The lowest BCUT2D eigenvalue weighted by Crippen LogP contribution is -2.15. The molecule has 0 saturated carbocycles. The fourth-order valence-electron chi connectivity index (χ4n) is 2.68. The van der Waals surface area contributed by atoms with E-state index in [-0.39, 0.29) is 23.3 Å². The molecule has 0 unspecified atom stereocenters. The number of aromatic nitrogens is 4. The van der Waals surface area contributed by atoms with E-state index in [1.54, 1.807) is 31.6 Å². The summed E-state index contributed by atoms with van der Waals surface area (Å²) in [6.45, 7) is 3.64. The smallest absolute Gasteiger partial charge is 0.260 e. The van der Waals surface area contributed by atoms with Gasteiger partial charge in [-0.25, -0.2) is 4.39 Å². The number of nitrogens with one attached hydrogen (secondary N) is 1. The van der Waals surface area contributed by atoms with Crippen molar-refractivity contribution >= 4 is 34.9 Å². The summed E-state index contributed by atoms with van der Waals surface area (Å²) in [5.74, 6) is -0.604. The van der Waals surface area contributed by atoms with Crippen molar-refractivity contribution in [3.63, 3.8) is 0 Å². The van der Waals surface area contributed by atoms with Crippen LogP contribution >= 0.6 is 23.2 Å². The highest BCUT2D eigenvalue weighted by Crippen LogP contribution is 2.24. The van der Waals surface area contributed by atoms with Crippen LogP contribution in [-0.4, -0.2) is 25.5 Å². The van der Waals surface area contributed by atoms with Crippen molar-refractivity contribution in [1.82, 2.24) is 19.6 Å². The van der Waals surface area contributed by atoms with Crippen LogP contribution in [0.5, 0.6) is 0 Å². The zero-order valence-electron chi connectivity index (χ0n) is 14.3. The van der Waals surface area contributed by atoms with Gasteiger partial charge in [-0.15, -0.1) is 0 Å². The second kappa shape index (κ2) is 7.09. The molecule has 0 aliphatic rings. The average molecular weight is 396 g/mol. The molecule has 0 spiro atoms. The molecule has 136 valence electrons. The summed E-state index contributed by atoms with van der Waals surface area (Å²) in [4.78, 5) is 12.5. The van der Waals surface area contributed by atoms with Crippen LogP contribution < -0.4 is 5.32 Å². The van der Waals surface area contributed by atoms with Crippen molar-refractivity contribution in [2.75, 3.05) is 5.32 Å². The Morgan fingerprint density at radius 3 is 2.58 bits per heavy atom. The van der Waals surface area contributed by atoms with Gasteiger partial charge in [0.25, 0.3) is 5.91 Å². The Labute approximate surface area is 159 Å². The second-order valence-corrected chi connectivity index (χ2v) is 6.66. The minimum Gasteiger partial charge on any atom is -0.304 e. The van der Waals surface area contributed by atoms with Gasteiger partial charge in [0.05, 0.1) is 17.8 Å². The summed E-state index contributed by atoms with van der Waals surface area (Å²) in [6, 6.07) is 4.45. The molecule has 0 fully saturated rings. The predicted octanol–water partition coefficient (Wildman–Crippen LogP) is 3.98. The van der Waals surface area contributed by atoms with E-state index < -0.39 is 5.82 Å². The van der Waals surface area contributed by atoms with Crippen LogP contribution in [0.15, 0.2) is 24.4 Å². The van der Waals surface area contributed by atoms with Crippen LogP contribution in [0.1, 0.15) is 27.3 Å². The quantitative estimate of drug-likeness (QED) is 0.726. The fraction of sp³-hybridized carbons (Fsp3) is 0.235. The van der Waals surface area contributed by atoms with Gasteiger partial charge in [-0.1, -0.05) is 29.3 Å². The fourth-order valence-corrected chi connectivity index (χ4v) is 3.10. The predicted molar refractivity (Wildman–Crippen MR) is 98.4 cm³/mol. The molecule has 3 rings (SSSR count). The number of amides is 1. The van der Waals surface area contributed by atoms with Crippen LogP contribution in [0.2, 0.25) is 10.0 Å². The lowest BCUT2D eigenvalue weighted by atomic mass is 10.2. The summed E-state index contributed by atoms with van der Waals surface area (Å²) in [7, 11) is 1.76. The summed E-state index contributed by atoms with van der Waals surface area (Å²) in [6.07, 6.45) is 1.50. The molecule has 0 bridgehead atoms. The molecule has 1 amide bonds. The number of halogens is 3. The molecule has 0 aliphatic carbocycles. The summed E-state index contributed by atoms with van der Waals surface area (Å²) < 4.78 is 17.0. The van der Waals surface area contributed by atoms with Crippen LogP contribution in [-0.2, 0) is 13.6 Å². The molecule has 6 nitrogen and oxygen atoms in total. The van der Waals surface area contributed by atoms with Gasteiger partial charge in [-0.2, -0.15) is 10.2 Å². The van der Waals surface area contributed by atoms with Gasteiger partial charge >= 0.3 is 0 Å². The van der Waals surface area contributed by atoms with E-state index in [9.17, 15) is 9.18 Å². The third-order valence-corrected chi connectivity index (χ3v) is 4.70. The highest BCUT2D eigenvalue weighted by atomic mass is 35.5. The third-order valence-electron chi connectivity index (χ3n) is 4.07. The monoisotopic (exact) mass is 395 g/mol. The van der Waals surface area contributed by atoms with Crippen LogP contribution in [0.4, 0.5) is 10.2 Å². The van der Waals surface area contributed by atoms with Gasteiger partial charge in [-0.05, 0) is 26.0 Å². The molecule has 0 atom stereocenters. The molecule has 3 aromatic rings. The number of carbonyl (C=O) groups is 1. The molecule has 0 saturated heterocycles. The van der Waals surface area contributed by atoms with E-state index in [1.807, 2.05) is 0 Å². The number of aryl methyl sites for hydroxylation is 2. The highest BCUT2D eigenvalue weighted by molar-refractivity contribution is 6.33. The van der Waals surface area contributed by atoms with E-state index >= 15 is 0 Å². The number of hydrogen-bond acceptors (Lipinski definition) is 3. The van der Waals surface area contributed by atoms with E-state index in [2.05, 4.69) is 15.5 Å². The van der Waals surface area contributed by atoms with Gasteiger partial charge in [0.15, 0.2) is 5.82 Å². The maximum atomic E-state index is 13.9. The van der Waals surface area contributed by atoms with E-state index in [0.717, 1.165) is 5.69 Å². The van der Waals surface area contributed by atoms with Crippen molar-refractivity contribution in [2.45, 2.75) is 20.4 Å². The first-order chi connectivity index (χ1) is 12.3. The van der Waals surface area contributed by atoms with Crippen LogP contribution in [0, 0.1) is 19.7 Å². The first-order valence-electron chi connectivity index (χ1n) is 7.75. The molecule has 1 N–H and O–H groups in total. The first kappa shape index (κ1) is 18.4. The number of rotatable bonds is 4. The molecule has 9 heteroatoms. The van der Waals surface area contributed by atoms with Gasteiger partial charge in [0, 0.05) is 29.5 Å². The van der Waals surface area contributed by atoms with E-state index in [1.165, 1.54) is 23.0 Å². The molecular weight excluding hydrogens is 380 g/mol. The summed E-state index contributed by atoms with van der Waals surface area (Å²) in [5.41, 5.74) is 2.10. The Hall–Kier alpha value is -2.38. The standard InChI is InChI=1S/C17H16Cl2FN5O/c1-9-15(10(2)24(3)22-9)17(26)21-16-13(19)8-25(23-16)7-11-12(18)5-4-6-14(11)20/h4-6,8H,7H2,1-3H3,(H,21,23,26). The third kappa shape index (κ3) is 3.45. The van der Waals surface area contributed by atoms with Crippen molar-refractivity contribution in [3.8, 4) is 0 Å². The molecule has 2 aromatic heterocycles. The zero-order valence-corrected chi connectivity index (χ0v) is 15.9. The second-order valence-electron chi connectivity index (χ2n) is 5.85. The normalized spacial score (nSPS) is 11.0.